The molecule has 17 heavy (non-hydrogen) atoms. The molecule has 0 unspecified atom stereocenters. The number of benzene rings is 1. The molecule has 0 fully saturated rings. The number of aromatic amines is 1. The number of aromatic nitrogens is 1. The van der Waals surface area contributed by atoms with Crippen LogP contribution in [-0.2, 0) is 11.2 Å². The maximum atomic E-state index is 11.0. The average Bonchev–Trinajstić information content (AvgIpc) is 2.68. The minimum Gasteiger partial charge on any atom is -0.361 e. The number of carbonyl (C=O) groups is 1. The van der Waals surface area contributed by atoms with E-state index in [9.17, 15) is 4.79 Å². The van der Waals surface area contributed by atoms with Crippen LogP contribution in [0.1, 0.15) is 32.3 Å². The topological polar surface area (TPSA) is 44.9 Å². The second-order valence-corrected chi connectivity index (χ2v) is 4.36. The monoisotopic (exact) mass is 230 g/mol. The minimum atomic E-state index is -0.0324. The Kier molecular flexibility index (Phi) is 3.47. The smallest absolute Gasteiger partial charge is 0.221 e. The maximum absolute atomic E-state index is 11.0. The summed E-state index contributed by atoms with van der Waals surface area (Å²) in [5.74, 6) is -0.0324. The number of amides is 1. The van der Waals surface area contributed by atoms with Gasteiger partial charge < -0.3 is 10.3 Å². The van der Waals surface area contributed by atoms with Gasteiger partial charge in [-0.2, -0.15) is 0 Å². The first-order chi connectivity index (χ1) is 8.20. The molecule has 0 saturated heterocycles. The van der Waals surface area contributed by atoms with Gasteiger partial charge in [0.2, 0.25) is 5.91 Å². The Morgan fingerprint density at radius 2 is 2.24 bits per heavy atom. The van der Waals surface area contributed by atoms with Gasteiger partial charge in [0, 0.05) is 29.7 Å². The molecule has 1 amide bonds. The summed E-state index contributed by atoms with van der Waals surface area (Å²) in [5.41, 5.74) is 3.32. The van der Waals surface area contributed by atoms with Crippen LogP contribution >= 0.6 is 0 Å². The SMILES string of the molecule is CCCCc1c[nH]c2ccc(NC(C)=O)cc12. The molecule has 3 heteroatoms. The number of carbonyl (C=O) groups excluding carboxylic acids is 1. The third-order valence-electron chi connectivity index (χ3n) is 2.89. The molecule has 0 saturated carbocycles. The standard InChI is InChI=1S/C14H18N2O/c1-3-4-5-11-9-15-14-7-6-12(8-13(11)14)16-10(2)17/h6-9,15H,3-5H2,1-2H3,(H,16,17). The summed E-state index contributed by atoms with van der Waals surface area (Å²) < 4.78 is 0. The van der Waals surface area contributed by atoms with Gasteiger partial charge in [0.15, 0.2) is 0 Å². The molecule has 0 spiro atoms. The van der Waals surface area contributed by atoms with E-state index in [0.717, 1.165) is 17.6 Å². The molecule has 0 bridgehead atoms. The van der Waals surface area contributed by atoms with Crippen molar-refractivity contribution in [3.05, 3.63) is 30.0 Å². The van der Waals surface area contributed by atoms with Crippen molar-refractivity contribution in [3.8, 4) is 0 Å². The summed E-state index contributed by atoms with van der Waals surface area (Å²) in [6.07, 6.45) is 5.53. The molecule has 0 radical (unpaired) electrons. The predicted octanol–water partition coefficient (Wildman–Crippen LogP) is 3.47. The number of anilines is 1. The van der Waals surface area contributed by atoms with Gasteiger partial charge in [-0.1, -0.05) is 13.3 Å². The second kappa shape index (κ2) is 5.04. The molecule has 3 nitrogen and oxygen atoms in total. The summed E-state index contributed by atoms with van der Waals surface area (Å²) in [6, 6.07) is 5.97. The number of hydrogen-bond donors (Lipinski definition) is 2. The van der Waals surface area contributed by atoms with E-state index in [1.165, 1.54) is 30.7 Å². The van der Waals surface area contributed by atoms with E-state index in [0.29, 0.717) is 0 Å². The molecule has 2 aromatic rings. The lowest BCUT2D eigenvalue weighted by Gasteiger charge is -2.03. The number of fused-ring (bicyclic) bond motifs is 1. The number of nitrogens with one attached hydrogen (secondary N) is 2. The Bertz CT molecular complexity index is 528. The van der Waals surface area contributed by atoms with Crippen molar-refractivity contribution in [2.75, 3.05) is 5.32 Å². The van der Waals surface area contributed by atoms with Crippen molar-refractivity contribution in [3.63, 3.8) is 0 Å². The summed E-state index contributed by atoms with van der Waals surface area (Å²) in [7, 11) is 0. The van der Waals surface area contributed by atoms with Gasteiger partial charge in [0.25, 0.3) is 0 Å². The van der Waals surface area contributed by atoms with Crippen molar-refractivity contribution in [2.24, 2.45) is 0 Å². The largest absolute Gasteiger partial charge is 0.361 e. The Labute approximate surface area is 101 Å². The molecule has 1 aromatic carbocycles. The van der Waals surface area contributed by atoms with Crippen molar-refractivity contribution in [1.29, 1.82) is 0 Å². The molecule has 0 atom stereocenters. The Hall–Kier alpha value is -1.77. The summed E-state index contributed by atoms with van der Waals surface area (Å²) in [5, 5.41) is 4.03. The van der Waals surface area contributed by atoms with Crippen LogP contribution in [0.2, 0.25) is 0 Å². The van der Waals surface area contributed by atoms with E-state index in [4.69, 9.17) is 0 Å². The van der Waals surface area contributed by atoms with Crippen LogP contribution in [0.15, 0.2) is 24.4 Å². The number of rotatable bonds is 4. The van der Waals surface area contributed by atoms with Crippen molar-refractivity contribution in [2.45, 2.75) is 33.1 Å². The predicted molar refractivity (Wildman–Crippen MR) is 71.2 cm³/mol. The summed E-state index contributed by atoms with van der Waals surface area (Å²) in [6.45, 7) is 3.72. The van der Waals surface area contributed by atoms with Crippen molar-refractivity contribution >= 4 is 22.5 Å². The Morgan fingerprint density at radius 1 is 1.41 bits per heavy atom. The second-order valence-electron chi connectivity index (χ2n) is 4.36. The van der Waals surface area contributed by atoms with Gasteiger partial charge in [-0.25, -0.2) is 0 Å². The molecular weight excluding hydrogens is 212 g/mol. The van der Waals surface area contributed by atoms with Crippen LogP contribution in [0, 0.1) is 0 Å². The lowest BCUT2D eigenvalue weighted by molar-refractivity contribution is -0.114. The fourth-order valence-electron chi connectivity index (χ4n) is 2.03. The van der Waals surface area contributed by atoms with Crippen molar-refractivity contribution in [1.82, 2.24) is 4.98 Å². The zero-order valence-corrected chi connectivity index (χ0v) is 10.3. The first-order valence-corrected chi connectivity index (χ1v) is 6.08. The highest BCUT2D eigenvalue weighted by Crippen LogP contribution is 2.23. The zero-order valence-electron chi connectivity index (χ0n) is 10.3. The van der Waals surface area contributed by atoms with E-state index < -0.39 is 0 Å². The minimum absolute atomic E-state index is 0.0324. The van der Waals surface area contributed by atoms with E-state index >= 15 is 0 Å². The number of H-pyrrole nitrogens is 1. The summed E-state index contributed by atoms with van der Waals surface area (Å²) >= 11 is 0. The van der Waals surface area contributed by atoms with Gasteiger partial charge >= 0.3 is 0 Å². The molecule has 1 aromatic heterocycles. The molecule has 2 N–H and O–H groups in total. The zero-order chi connectivity index (χ0) is 12.3. The summed E-state index contributed by atoms with van der Waals surface area (Å²) in [4.78, 5) is 14.3. The van der Waals surface area contributed by atoms with E-state index in [-0.39, 0.29) is 5.91 Å². The quantitative estimate of drug-likeness (QED) is 0.830. The van der Waals surface area contributed by atoms with Crippen LogP contribution in [-0.4, -0.2) is 10.9 Å². The van der Waals surface area contributed by atoms with Crippen LogP contribution in [0.25, 0.3) is 10.9 Å². The highest BCUT2D eigenvalue weighted by atomic mass is 16.1. The average molecular weight is 230 g/mol. The van der Waals surface area contributed by atoms with Gasteiger partial charge in [-0.05, 0) is 36.6 Å². The first-order valence-electron chi connectivity index (χ1n) is 6.08. The highest BCUT2D eigenvalue weighted by molar-refractivity contribution is 5.93. The van der Waals surface area contributed by atoms with Gasteiger partial charge in [0.1, 0.15) is 0 Å². The Morgan fingerprint density at radius 3 is 2.94 bits per heavy atom. The number of aryl methyl sites for hydroxylation is 1. The van der Waals surface area contributed by atoms with Crippen LogP contribution in [0.5, 0.6) is 0 Å². The third-order valence-corrected chi connectivity index (χ3v) is 2.89. The molecule has 0 aliphatic heterocycles. The van der Waals surface area contributed by atoms with E-state index in [2.05, 4.69) is 23.4 Å². The molecule has 0 aliphatic rings. The highest BCUT2D eigenvalue weighted by Gasteiger charge is 2.04. The molecule has 0 aliphatic carbocycles. The molecule has 90 valence electrons. The van der Waals surface area contributed by atoms with E-state index in [1.54, 1.807) is 0 Å². The Balaban J connectivity index is 2.32. The van der Waals surface area contributed by atoms with Gasteiger partial charge in [0.05, 0.1) is 0 Å². The molecule has 2 rings (SSSR count). The number of unbranched alkanes of at least 4 members (excludes halogenated alkanes) is 1. The fourth-order valence-corrected chi connectivity index (χ4v) is 2.03. The molecule has 1 heterocycles. The third kappa shape index (κ3) is 2.67. The van der Waals surface area contributed by atoms with Crippen LogP contribution < -0.4 is 5.32 Å². The first kappa shape index (κ1) is 11.7. The fraction of sp³-hybridized carbons (Fsp3) is 0.357. The van der Waals surface area contributed by atoms with Gasteiger partial charge in [-0.3, -0.25) is 4.79 Å². The van der Waals surface area contributed by atoms with Crippen LogP contribution in [0.3, 0.4) is 0 Å². The van der Waals surface area contributed by atoms with Crippen LogP contribution in [0.4, 0.5) is 5.69 Å². The van der Waals surface area contributed by atoms with Gasteiger partial charge in [-0.15, -0.1) is 0 Å². The number of hydrogen-bond acceptors (Lipinski definition) is 1. The lowest BCUT2D eigenvalue weighted by atomic mass is 10.1. The lowest BCUT2D eigenvalue weighted by Crippen LogP contribution is -2.05. The normalized spacial score (nSPS) is 10.7. The van der Waals surface area contributed by atoms with Crippen molar-refractivity contribution < 1.29 is 4.79 Å². The maximum Gasteiger partial charge on any atom is 0.221 e. The van der Waals surface area contributed by atoms with E-state index in [1.807, 2.05) is 18.2 Å². The molecular formula is C14H18N2O.